The first-order valence-electron chi connectivity index (χ1n) is 7.12. The van der Waals surface area contributed by atoms with Crippen molar-refractivity contribution in [3.05, 3.63) is 36.6 Å². The Kier molecular flexibility index (Phi) is 11.3. The van der Waals surface area contributed by atoms with Crippen molar-refractivity contribution in [1.29, 1.82) is 0 Å². The average Bonchev–Trinajstić information content (AvgIpc) is 2.41. The summed E-state index contributed by atoms with van der Waals surface area (Å²) in [4.78, 5) is 2.41. The van der Waals surface area contributed by atoms with Crippen molar-refractivity contribution in [3.63, 3.8) is 0 Å². The molecule has 0 aromatic carbocycles. The highest BCUT2D eigenvalue weighted by Gasteiger charge is 2.07. The summed E-state index contributed by atoms with van der Waals surface area (Å²) in [6.07, 6.45) is 8.75. The highest BCUT2D eigenvalue weighted by Crippen LogP contribution is 2.09. The van der Waals surface area contributed by atoms with E-state index in [0.717, 1.165) is 26.1 Å². The zero-order chi connectivity index (χ0) is 14.5. The fraction of sp³-hybridized carbons (Fsp3) is 0.625. The van der Waals surface area contributed by atoms with Crippen LogP contribution in [0.25, 0.3) is 0 Å². The minimum atomic E-state index is -0.480. The van der Waals surface area contributed by atoms with Crippen molar-refractivity contribution < 1.29 is 9.13 Å². The largest absolute Gasteiger partial charge is 0.491 e. The maximum atomic E-state index is 12.1. The van der Waals surface area contributed by atoms with Crippen LogP contribution in [0.5, 0.6) is 0 Å². The maximum Gasteiger partial charge on any atom is 0.119 e. The standard InChI is InChI=1S/C16H28FNO/c1-5-9-16(10-8-12-17)19-15(4)11-14-18(7-3)13-6-2/h5,8-10,15H,1,6-7,11-14H2,2-4H3/b10-8-,16-9+. The number of rotatable bonds is 11. The van der Waals surface area contributed by atoms with Gasteiger partial charge >= 0.3 is 0 Å². The van der Waals surface area contributed by atoms with E-state index < -0.39 is 6.67 Å². The molecule has 0 aliphatic rings. The fourth-order valence-corrected chi connectivity index (χ4v) is 1.81. The predicted molar refractivity (Wildman–Crippen MR) is 81.0 cm³/mol. The molecule has 0 aromatic heterocycles. The number of hydrogen-bond donors (Lipinski definition) is 0. The molecule has 0 radical (unpaired) electrons. The van der Waals surface area contributed by atoms with Crippen LogP contribution in [0, 0.1) is 0 Å². The van der Waals surface area contributed by atoms with Crippen LogP contribution in [0.1, 0.15) is 33.6 Å². The summed E-state index contributed by atoms with van der Waals surface area (Å²) in [6, 6.07) is 0. The van der Waals surface area contributed by atoms with E-state index in [4.69, 9.17) is 4.74 Å². The molecule has 0 bridgehead atoms. The SMILES string of the molecule is C=C/C=C(\C=C/CF)OC(C)CCN(CC)CCC. The fourth-order valence-electron chi connectivity index (χ4n) is 1.81. The molecule has 0 aliphatic carbocycles. The van der Waals surface area contributed by atoms with Crippen LogP contribution >= 0.6 is 0 Å². The molecule has 0 N–H and O–H groups in total. The Morgan fingerprint density at radius 2 is 2.11 bits per heavy atom. The minimum absolute atomic E-state index is 0.112. The Labute approximate surface area is 117 Å². The van der Waals surface area contributed by atoms with Gasteiger partial charge in [-0.3, -0.25) is 0 Å². The van der Waals surface area contributed by atoms with Gasteiger partial charge in [-0.05, 0) is 45.0 Å². The van der Waals surface area contributed by atoms with Crippen molar-refractivity contribution in [2.24, 2.45) is 0 Å². The Balaban J connectivity index is 4.18. The Morgan fingerprint density at radius 3 is 2.63 bits per heavy atom. The summed E-state index contributed by atoms with van der Waals surface area (Å²) in [5.74, 6) is 0.665. The van der Waals surface area contributed by atoms with E-state index in [1.54, 1.807) is 18.2 Å². The number of nitrogens with zero attached hydrogens (tertiary/aromatic N) is 1. The summed E-state index contributed by atoms with van der Waals surface area (Å²) in [6.45, 7) is 12.8. The lowest BCUT2D eigenvalue weighted by Gasteiger charge is -2.22. The third-order valence-corrected chi connectivity index (χ3v) is 2.83. The molecular formula is C16H28FNO. The van der Waals surface area contributed by atoms with Gasteiger partial charge in [-0.25, -0.2) is 4.39 Å². The normalized spacial score (nSPS) is 14.1. The molecule has 1 atom stereocenters. The second-order valence-corrected chi connectivity index (χ2v) is 4.51. The molecular weight excluding hydrogens is 241 g/mol. The van der Waals surface area contributed by atoms with E-state index >= 15 is 0 Å². The summed E-state index contributed by atoms with van der Waals surface area (Å²) in [5.41, 5.74) is 0. The highest BCUT2D eigenvalue weighted by atomic mass is 19.1. The van der Waals surface area contributed by atoms with E-state index in [9.17, 15) is 4.39 Å². The molecule has 0 saturated carbocycles. The van der Waals surface area contributed by atoms with Gasteiger partial charge in [0.05, 0.1) is 6.10 Å². The summed E-state index contributed by atoms with van der Waals surface area (Å²) < 4.78 is 17.9. The van der Waals surface area contributed by atoms with Gasteiger partial charge in [0.25, 0.3) is 0 Å². The van der Waals surface area contributed by atoms with Crippen molar-refractivity contribution in [1.82, 2.24) is 4.90 Å². The zero-order valence-electron chi connectivity index (χ0n) is 12.6. The number of alkyl halides is 1. The predicted octanol–water partition coefficient (Wildman–Crippen LogP) is 4.11. The topological polar surface area (TPSA) is 12.5 Å². The molecule has 2 nitrogen and oxygen atoms in total. The van der Waals surface area contributed by atoms with Gasteiger partial charge in [-0.1, -0.05) is 32.6 Å². The van der Waals surface area contributed by atoms with Crippen molar-refractivity contribution in [2.75, 3.05) is 26.3 Å². The van der Waals surface area contributed by atoms with Crippen molar-refractivity contribution in [3.8, 4) is 0 Å². The van der Waals surface area contributed by atoms with Gasteiger partial charge in [0, 0.05) is 6.54 Å². The van der Waals surface area contributed by atoms with E-state index in [0.29, 0.717) is 5.76 Å². The lowest BCUT2D eigenvalue weighted by molar-refractivity contribution is 0.117. The molecule has 1 unspecified atom stereocenters. The molecule has 0 amide bonds. The van der Waals surface area contributed by atoms with Crippen LogP contribution in [0.3, 0.4) is 0 Å². The summed E-state index contributed by atoms with van der Waals surface area (Å²) in [5, 5.41) is 0. The molecule has 19 heavy (non-hydrogen) atoms. The zero-order valence-corrected chi connectivity index (χ0v) is 12.6. The minimum Gasteiger partial charge on any atom is -0.491 e. The van der Waals surface area contributed by atoms with Crippen LogP contribution in [0.15, 0.2) is 36.6 Å². The van der Waals surface area contributed by atoms with Crippen molar-refractivity contribution >= 4 is 0 Å². The third kappa shape index (κ3) is 9.48. The van der Waals surface area contributed by atoms with E-state index in [2.05, 4.69) is 25.3 Å². The molecule has 0 aliphatic heterocycles. The lowest BCUT2D eigenvalue weighted by Crippen LogP contribution is -2.28. The molecule has 0 rings (SSSR count). The summed E-state index contributed by atoms with van der Waals surface area (Å²) in [7, 11) is 0. The molecule has 0 aromatic rings. The summed E-state index contributed by atoms with van der Waals surface area (Å²) >= 11 is 0. The third-order valence-electron chi connectivity index (χ3n) is 2.83. The quantitative estimate of drug-likeness (QED) is 0.413. The van der Waals surface area contributed by atoms with E-state index in [-0.39, 0.29) is 6.10 Å². The van der Waals surface area contributed by atoms with Crippen molar-refractivity contribution in [2.45, 2.75) is 39.7 Å². The monoisotopic (exact) mass is 269 g/mol. The Bertz CT molecular complexity index is 286. The number of allylic oxidation sites excluding steroid dienone is 4. The Hall–Kier alpha value is -1.09. The highest BCUT2D eigenvalue weighted by molar-refractivity contribution is 5.17. The smallest absolute Gasteiger partial charge is 0.119 e. The van der Waals surface area contributed by atoms with Crippen LogP contribution in [0.4, 0.5) is 4.39 Å². The van der Waals surface area contributed by atoms with Gasteiger partial charge in [0.1, 0.15) is 12.4 Å². The van der Waals surface area contributed by atoms with Gasteiger partial charge < -0.3 is 9.64 Å². The average molecular weight is 269 g/mol. The van der Waals surface area contributed by atoms with Gasteiger partial charge in [-0.15, -0.1) is 0 Å². The van der Waals surface area contributed by atoms with Crippen LogP contribution in [-0.2, 0) is 4.74 Å². The maximum absolute atomic E-state index is 12.1. The van der Waals surface area contributed by atoms with Gasteiger partial charge in [0.15, 0.2) is 0 Å². The Morgan fingerprint density at radius 1 is 1.37 bits per heavy atom. The first-order valence-corrected chi connectivity index (χ1v) is 7.12. The second-order valence-electron chi connectivity index (χ2n) is 4.51. The van der Waals surface area contributed by atoms with Gasteiger partial charge in [-0.2, -0.15) is 0 Å². The van der Waals surface area contributed by atoms with Crippen LogP contribution in [0.2, 0.25) is 0 Å². The van der Waals surface area contributed by atoms with Gasteiger partial charge in [0.2, 0.25) is 0 Å². The molecule has 0 heterocycles. The number of ether oxygens (including phenoxy) is 1. The number of hydrogen-bond acceptors (Lipinski definition) is 2. The molecule has 3 heteroatoms. The van der Waals surface area contributed by atoms with E-state index in [1.165, 1.54) is 12.5 Å². The number of halogens is 1. The molecule has 110 valence electrons. The van der Waals surface area contributed by atoms with Crippen LogP contribution in [-0.4, -0.2) is 37.3 Å². The first-order chi connectivity index (χ1) is 9.17. The molecule has 0 fully saturated rings. The molecule has 0 saturated heterocycles. The van der Waals surface area contributed by atoms with Crippen LogP contribution < -0.4 is 0 Å². The lowest BCUT2D eigenvalue weighted by atomic mass is 10.2. The molecule has 0 spiro atoms. The first kappa shape index (κ1) is 17.9. The second kappa shape index (κ2) is 12.0. The van der Waals surface area contributed by atoms with E-state index in [1.807, 2.05) is 6.92 Å².